The Hall–Kier alpha value is -1.00. The van der Waals surface area contributed by atoms with Gasteiger partial charge in [0.05, 0.1) is 19.6 Å². The molecule has 1 aromatic carbocycles. The Morgan fingerprint density at radius 2 is 2.05 bits per heavy atom. The predicted molar refractivity (Wildman–Crippen MR) is 76.1 cm³/mol. The topological polar surface area (TPSA) is 46.5 Å². The van der Waals surface area contributed by atoms with Crippen LogP contribution >= 0.6 is 11.8 Å². The first-order chi connectivity index (χ1) is 9.04. The lowest BCUT2D eigenvalue weighted by atomic mass is 10.1. The lowest BCUT2D eigenvalue weighted by Crippen LogP contribution is -2.12. The first-order valence-electron chi connectivity index (χ1n) is 6.52. The average Bonchev–Trinajstić information content (AvgIpc) is 3.17. The van der Waals surface area contributed by atoms with Gasteiger partial charge >= 0.3 is 5.97 Å². The molecular weight excluding hydrogens is 260 g/mol. The zero-order valence-electron chi connectivity index (χ0n) is 11.4. The molecule has 0 amide bonds. The monoisotopic (exact) mass is 280 g/mol. The van der Waals surface area contributed by atoms with E-state index in [-0.39, 0.29) is 11.4 Å². The summed E-state index contributed by atoms with van der Waals surface area (Å²) in [6.45, 7) is 1.76. The van der Waals surface area contributed by atoms with E-state index in [9.17, 15) is 9.90 Å². The summed E-state index contributed by atoms with van der Waals surface area (Å²) in [6, 6.07) is 7.96. The van der Waals surface area contributed by atoms with E-state index in [1.165, 1.54) is 12.0 Å². The Labute approximate surface area is 118 Å². The van der Waals surface area contributed by atoms with E-state index in [1.54, 1.807) is 18.7 Å². The van der Waals surface area contributed by atoms with E-state index in [4.69, 9.17) is 4.74 Å². The van der Waals surface area contributed by atoms with Gasteiger partial charge < -0.3 is 9.84 Å². The third-order valence-corrected chi connectivity index (χ3v) is 4.97. The van der Waals surface area contributed by atoms with E-state index in [0.29, 0.717) is 6.42 Å². The second kappa shape index (κ2) is 5.97. The smallest absolute Gasteiger partial charge is 0.306 e. The van der Waals surface area contributed by atoms with Gasteiger partial charge in [0.2, 0.25) is 0 Å². The summed E-state index contributed by atoms with van der Waals surface area (Å²) in [7, 11) is 1.44. The van der Waals surface area contributed by atoms with Gasteiger partial charge in [-0.2, -0.15) is 0 Å². The fourth-order valence-corrected chi connectivity index (χ4v) is 3.20. The highest BCUT2D eigenvalue weighted by molar-refractivity contribution is 7.99. The lowest BCUT2D eigenvalue weighted by molar-refractivity contribution is -0.141. The van der Waals surface area contributed by atoms with Crippen LogP contribution in [-0.2, 0) is 9.53 Å². The number of ether oxygens (including phenoxy) is 1. The van der Waals surface area contributed by atoms with Crippen molar-refractivity contribution in [2.24, 2.45) is 5.41 Å². The fourth-order valence-electron chi connectivity index (χ4n) is 2.01. The molecule has 1 fully saturated rings. The summed E-state index contributed by atoms with van der Waals surface area (Å²) < 4.78 is 4.74. The van der Waals surface area contributed by atoms with Crippen LogP contribution in [-0.4, -0.2) is 23.9 Å². The molecule has 104 valence electrons. The minimum Gasteiger partial charge on any atom is -0.469 e. The van der Waals surface area contributed by atoms with Crippen LogP contribution in [0.15, 0.2) is 29.2 Å². The number of rotatable bonds is 6. The molecule has 1 unspecified atom stereocenters. The van der Waals surface area contributed by atoms with E-state index in [2.05, 4.69) is 0 Å². The molecule has 3 nitrogen and oxygen atoms in total. The molecular formula is C15H20O3S. The number of esters is 1. The summed E-state index contributed by atoms with van der Waals surface area (Å²) in [4.78, 5) is 12.5. The second-order valence-corrected chi connectivity index (χ2v) is 6.34. The van der Waals surface area contributed by atoms with Gasteiger partial charge in [0, 0.05) is 10.6 Å². The van der Waals surface area contributed by atoms with Crippen molar-refractivity contribution >= 4 is 17.7 Å². The van der Waals surface area contributed by atoms with E-state index in [1.807, 2.05) is 24.3 Å². The number of carbonyl (C=O) groups excluding carboxylic acids is 1. The normalized spacial score (nSPS) is 17.8. The number of hydrogen-bond donors (Lipinski definition) is 1. The Balaban J connectivity index is 1.87. The quantitative estimate of drug-likeness (QED) is 0.642. The highest BCUT2D eigenvalue weighted by atomic mass is 32.2. The first kappa shape index (κ1) is 14.4. The molecule has 0 heterocycles. The molecule has 1 aliphatic carbocycles. The van der Waals surface area contributed by atoms with Crippen molar-refractivity contribution in [1.82, 2.24) is 0 Å². The molecule has 0 saturated heterocycles. The Bertz CT molecular complexity index is 435. The minimum atomic E-state index is -0.423. The Kier molecular flexibility index (Phi) is 4.53. The number of methoxy groups -OCH3 is 1. The number of aliphatic hydroxyl groups excluding tert-OH is 1. The van der Waals surface area contributed by atoms with Crippen LogP contribution in [0.5, 0.6) is 0 Å². The van der Waals surface area contributed by atoms with Gasteiger partial charge in [-0.1, -0.05) is 12.1 Å². The molecule has 1 aliphatic rings. The van der Waals surface area contributed by atoms with Crippen LogP contribution in [0, 0.1) is 5.41 Å². The molecule has 0 aromatic heterocycles. The molecule has 1 aromatic rings. The van der Waals surface area contributed by atoms with Crippen LogP contribution in [0.4, 0.5) is 0 Å². The molecule has 4 heteroatoms. The van der Waals surface area contributed by atoms with Gasteiger partial charge in [-0.05, 0) is 42.9 Å². The average molecular weight is 280 g/mol. The van der Waals surface area contributed by atoms with Gasteiger partial charge in [-0.25, -0.2) is 0 Å². The number of aliphatic hydroxyl groups is 1. The number of carbonyl (C=O) groups is 1. The summed E-state index contributed by atoms with van der Waals surface area (Å²) >= 11 is 1.77. The van der Waals surface area contributed by atoms with Crippen molar-refractivity contribution in [2.75, 3.05) is 12.9 Å². The van der Waals surface area contributed by atoms with E-state index in [0.717, 1.165) is 24.2 Å². The molecule has 0 aliphatic heterocycles. The summed E-state index contributed by atoms with van der Waals surface area (Å²) in [5.41, 5.74) is 1.08. The van der Waals surface area contributed by atoms with Crippen LogP contribution in [0.3, 0.4) is 0 Å². The van der Waals surface area contributed by atoms with Gasteiger partial charge in [-0.3, -0.25) is 4.79 Å². The summed E-state index contributed by atoms with van der Waals surface area (Å²) in [5, 5.41) is 9.45. The van der Waals surface area contributed by atoms with Gasteiger partial charge in [0.15, 0.2) is 0 Å². The SMILES string of the molecule is COC(=O)CC1(CSc2ccc(C(C)O)cc2)CC1. The molecule has 1 saturated carbocycles. The van der Waals surface area contributed by atoms with Gasteiger partial charge in [-0.15, -0.1) is 11.8 Å². The fraction of sp³-hybridized carbons (Fsp3) is 0.533. The summed E-state index contributed by atoms with van der Waals surface area (Å²) in [5.74, 6) is 0.846. The molecule has 1 atom stereocenters. The maximum atomic E-state index is 11.3. The van der Waals surface area contributed by atoms with Crippen molar-refractivity contribution in [3.8, 4) is 0 Å². The third-order valence-electron chi connectivity index (χ3n) is 3.61. The largest absolute Gasteiger partial charge is 0.469 e. The highest BCUT2D eigenvalue weighted by Crippen LogP contribution is 2.52. The van der Waals surface area contributed by atoms with Crippen LogP contribution in [0.1, 0.15) is 37.9 Å². The third kappa shape index (κ3) is 3.98. The molecule has 2 rings (SSSR count). The van der Waals surface area contributed by atoms with E-state index >= 15 is 0 Å². The van der Waals surface area contributed by atoms with Crippen molar-refractivity contribution < 1.29 is 14.6 Å². The molecule has 1 N–H and O–H groups in total. The van der Waals surface area contributed by atoms with Gasteiger partial charge in [0.25, 0.3) is 0 Å². The molecule has 0 bridgehead atoms. The lowest BCUT2D eigenvalue weighted by Gasteiger charge is -2.13. The highest BCUT2D eigenvalue weighted by Gasteiger charge is 2.44. The Morgan fingerprint density at radius 1 is 1.42 bits per heavy atom. The van der Waals surface area contributed by atoms with Crippen molar-refractivity contribution in [1.29, 1.82) is 0 Å². The maximum absolute atomic E-state index is 11.3. The predicted octanol–water partition coefficient (Wildman–Crippen LogP) is 3.18. The standard InChI is InChI=1S/C15H20O3S/c1-11(16)12-3-5-13(6-4-12)19-10-15(7-8-15)9-14(17)18-2/h3-6,11,16H,7-10H2,1-2H3. The Morgan fingerprint density at radius 3 is 2.53 bits per heavy atom. The van der Waals surface area contributed by atoms with Crippen molar-refractivity contribution in [3.05, 3.63) is 29.8 Å². The zero-order valence-corrected chi connectivity index (χ0v) is 12.2. The van der Waals surface area contributed by atoms with Crippen molar-refractivity contribution in [3.63, 3.8) is 0 Å². The number of hydrogen-bond acceptors (Lipinski definition) is 4. The van der Waals surface area contributed by atoms with Crippen LogP contribution in [0.25, 0.3) is 0 Å². The van der Waals surface area contributed by atoms with Crippen LogP contribution < -0.4 is 0 Å². The molecule has 0 radical (unpaired) electrons. The second-order valence-electron chi connectivity index (χ2n) is 5.29. The first-order valence-corrected chi connectivity index (χ1v) is 7.51. The maximum Gasteiger partial charge on any atom is 0.306 e. The number of thioether (sulfide) groups is 1. The minimum absolute atomic E-state index is 0.109. The van der Waals surface area contributed by atoms with Gasteiger partial charge in [0.1, 0.15) is 0 Å². The van der Waals surface area contributed by atoms with E-state index < -0.39 is 6.10 Å². The zero-order chi connectivity index (χ0) is 13.9. The van der Waals surface area contributed by atoms with Crippen molar-refractivity contribution in [2.45, 2.75) is 37.2 Å². The molecule has 19 heavy (non-hydrogen) atoms. The molecule has 0 spiro atoms. The summed E-state index contributed by atoms with van der Waals surface area (Å²) in [6.07, 6.45) is 2.33. The number of benzene rings is 1. The van der Waals surface area contributed by atoms with Crippen LogP contribution in [0.2, 0.25) is 0 Å².